The lowest BCUT2D eigenvalue weighted by Gasteiger charge is -2.53. The highest BCUT2D eigenvalue weighted by Crippen LogP contribution is 2.47. The van der Waals surface area contributed by atoms with E-state index in [0.29, 0.717) is 6.42 Å². The summed E-state index contributed by atoms with van der Waals surface area (Å²) in [5.41, 5.74) is 0.179. The number of nitrogens with zero attached hydrogens (tertiary/aromatic N) is 2. The molecule has 0 unspecified atom stereocenters. The Labute approximate surface area is 159 Å². The number of fused-ring (bicyclic) bond motifs is 4. The molecule has 3 aliphatic heterocycles. The van der Waals surface area contributed by atoms with Gasteiger partial charge >= 0.3 is 6.03 Å². The molecule has 1 spiro atoms. The van der Waals surface area contributed by atoms with Gasteiger partial charge in [0.2, 0.25) is 11.8 Å². The molecule has 144 valence electrons. The lowest BCUT2D eigenvalue weighted by molar-refractivity contribution is -0.156. The molecule has 0 radical (unpaired) electrons. The van der Waals surface area contributed by atoms with Crippen LogP contribution in [0, 0.1) is 5.41 Å². The van der Waals surface area contributed by atoms with Crippen molar-refractivity contribution in [3.63, 3.8) is 0 Å². The predicted molar refractivity (Wildman–Crippen MR) is 102 cm³/mol. The molecule has 6 nitrogen and oxygen atoms in total. The van der Waals surface area contributed by atoms with E-state index in [0.717, 1.165) is 43.5 Å². The van der Waals surface area contributed by atoms with Crippen LogP contribution in [-0.4, -0.2) is 40.9 Å². The molecule has 0 saturated carbocycles. The Balaban J connectivity index is 1.90. The van der Waals surface area contributed by atoms with Crippen molar-refractivity contribution in [3.8, 4) is 0 Å². The fourth-order valence-electron chi connectivity index (χ4n) is 4.98. The summed E-state index contributed by atoms with van der Waals surface area (Å²) in [4.78, 5) is 43.0. The summed E-state index contributed by atoms with van der Waals surface area (Å²) in [7, 11) is 0. The van der Waals surface area contributed by atoms with Crippen molar-refractivity contribution in [2.24, 2.45) is 5.41 Å². The molecular weight excluding hydrogens is 342 g/mol. The molecule has 0 aromatic heterocycles. The van der Waals surface area contributed by atoms with Gasteiger partial charge in [-0.15, -0.1) is 0 Å². The zero-order chi connectivity index (χ0) is 19.4. The fourth-order valence-corrected chi connectivity index (χ4v) is 4.98. The molecule has 2 atom stereocenters. The molecule has 4 amide bonds. The van der Waals surface area contributed by atoms with E-state index in [1.807, 2.05) is 39.0 Å². The molecule has 3 aliphatic rings. The number of carbonyl (C=O) groups is 3. The third kappa shape index (κ3) is 2.57. The maximum Gasteiger partial charge on any atom is 0.331 e. The molecule has 0 bridgehead atoms. The summed E-state index contributed by atoms with van der Waals surface area (Å²) in [5, 5.41) is 2.51. The second-order valence-electron chi connectivity index (χ2n) is 8.91. The zero-order valence-electron chi connectivity index (χ0n) is 16.2. The van der Waals surface area contributed by atoms with E-state index in [1.54, 1.807) is 0 Å². The number of nitrogens with one attached hydrogen (secondary N) is 1. The van der Waals surface area contributed by atoms with Crippen LogP contribution in [0.15, 0.2) is 24.3 Å². The molecular formula is C21H27N3O3. The van der Waals surface area contributed by atoms with Gasteiger partial charge in [-0.2, -0.15) is 0 Å². The van der Waals surface area contributed by atoms with E-state index in [2.05, 4.69) is 16.3 Å². The van der Waals surface area contributed by atoms with Crippen LogP contribution in [0.4, 0.5) is 10.5 Å². The largest absolute Gasteiger partial charge is 0.367 e. The van der Waals surface area contributed by atoms with Crippen LogP contribution in [0.3, 0.4) is 0 Å². The van der Waals surface area contributed by atoms with E-state index in [4.69, 9.17) is 0 Å². The minimum atomic E-state index is -1.25. The number of barbiturate groups is 1. The Bertz CT molecular complexity index is 813. The van der Waals surface area contributed by atoms with Crippen LogP contribution < -0.4 is 10.2 Å². The first-order chi connectivity index (χ1) is 12.8. The van der Waals surface area contributed by atoms with Crippen molar-refractivity contribution in [2.75, 3.05) is 11.4 Å². The Morgan fingerprint density at radius 3 is 2.56 bits per heavy atom. The molecule has 27 heavy (non-hydrogen) atoms. The smallest absolute Gasteiger partial charge is 0.331 e. The first-order valence-electron chi connectivity index (χ1n) is 9.81. The standard InChI is InChI=1S/C21H27N3O3/c1-20(2,3)24-18(26)21(17(25)22-19(24)27)13-14-9-6-7-10-15(14)23-12-8-4-5-11-16(21)23/h6-7,9-10,16H,4-5,8,11-13H2,1-3H3,(H,22,25,27)/t16-,21+/m1/s1. The first-order valence-corrected chi connectivity index (χ1v) is 9.81. The molecule has 2 saturated heterocycles. The summed E-state index contributed by atoms with van der Waals surface area (Å²) in [6.07, 6.45) is 4.23. The molecule has 0 aliphatic carbocycles. The molecule has 2 fully saturated rings. The number of rotatable bonds is 0. The van der Waals surface area contributed by atoms with E-state index in [1.165, 1.54) is 4.90 Å². The topological polar surface area (TPSA) is 69.7 Å². The average Bonchev–Trinajstić information content (AvgIpc) is 2.85. The summed E-state index contributed by atoms with van der Waals surface area (Å²) < 4.78 is 0. The number of benzene rings is 1. The van der Waals surface area contributed by atoms with Gasteiger partial charge in [-0.3, -0.25) is 19.8 Å². The van der Waals surface area contributed by atoms with Crippen molar-refractivity contribution < 1.29 is 14.4 Å². The summed E-state index contributed by atoms with van der Waals surface area (Å²) in [6.45, 7) is 6.31. The Hall–Kier alpha value is -2.37. The SMILES string of the molecule is CC(C)(C)N1C(=O)NC(=O)[C@@]2(Cc3ccccc3N3CCCCC[C@@H]32)C1=O. The quantitative estimate of drug-likeness (QED) is 0.714. The molecule has 3 heterocycles. The normalized spacial score (nSPS) is 28.6. The number of anilines is 1. The minimum Gasteiger partial charge on any atom is -0.367 e. The van der Waals surface area contributed by atoms with Crippen LogP contribution in [0.1, 0.15) is 52.0 Å². The van der Waals surface area contributed by atoms with Gasteiger partial charge < -0.3 is 4.90 Å². The Morgan fingerprint density at radius 2 is 1.81 bits per heavy atom. The van der Waals surface area contributed by atoms with E-state index in [-0.39, 0.29) is 11.9 Å². The van der Waals surface area contributed by atoms with Crippen molar-refractivity contribution >= 4 is 23.5 Å². The summed E-state index contributed by atoms with van der Waals surface area (Å²) in [6, 6.07) is 7.20. The highest BCUT2D eigenvalue weighted by Gasteiger charge is 2.63. The van der Waals surface area contributed by atoms with E-state index in [9.17, 15) is 14.4 Å². The summed E-state index contributed by atoms with van der Waals surface area (Å²) in [5.74, 6) is -0.792. The van der Waals surface area contributed by atoms with E-state index >= 15 is 0 Å². The van der Waals surface area contributed by atoms with Gasteiger partial charge in [-0.05, 0) is 51.7 Å². The van der Waals surface area contributed by atoms with Gasteiger partial charge in [0.1, 0.15) is 0 Å². The number of hydrogen-bond acceptors (Lipinski definition) is 4. The van der Waals surface area contributed by atoms with Crippen LogP contribution in [0.5, 0.6) is 0 Å². The maximum absolute atomic E-state index is 13.8. The Kier molecular flexibility index (Phi) is 4.05. The highest BCUT2D eigenvalue weighted by atomic mass is 16.2. The molecule has 1 aromatic rings. The highest BCUT2D eigenvalue weighted by molar-refractivity contribution is 6.20. The molecule has 1 aromatic carbocycles. The predicted octanol–water partition coefficient (Wildman–Crippen LogP) is 2.86. The van der Waals surface area contributed by atoms with Crippen molar-refractivity contribution in [2.45, 2.75) is 64.5 Å². The van der Waals surface area contributed by atoms with E-state index < -0.39 is 22.9 Å². The molecule has 4 rings (SSSR count). The monoisotopic (exact) mass is 369 g/mol. The second kappa shape index (κ2) is 6.08. The van der Waals surface area contributed by atoms with Gasteiger partial charge in [-0.25, -0.2) is 4.79 Å². The lowest BCUT2D eigenvalue weighted by Crippen LogP contribution is -2.74. The number of imide groups is 2. The third-order valence-electron chi connectivity index (χ3n) is 6.18. The van der Waals surface area contributed by atoms with Crippen LogP contribution in [0.2, 0.25) is 0 Å². The molecule has 1 N–H and O–H groups in total. The summed E-state index contributed by atoms with van der Waals surface area (Å²) >= 11 is 0. The average molecular weight is 369 g/mol. The number of carbonyl (C=O) groups excluding carboxylic acids is 3. The maximum atomic E-state index is 13.8. The van der Waals surface area contributed by atoms with Crippen LogP contribution in [-0.2, 0) is 16.0 Å². The number of amides is 4. The van der Waals surface area contributed by atoms with Crippen LogP contribution >= 0.6 is 0 Å². The first kappa shape index (κ1) is 18.0. The minimum absolute atomic E-state index is 0.222. The third-order valence-corrected chi connectivity index (χ3v) is 6.18. The second-order valence-corrected chi connectivity index (χ2v) is 8.91. The number of para-hydroxylation sites is 1. The molecule has 6 heteroatoms. The fraction of sp³-hybridized carbons (Fsp3) is 0.571. The lowest BCUT2D eigenvalue weighted by atomic mass is 9.67. The van der Waals surface area contributed by atoms with Gasteiger partial charge in [0.25, 0.3) is 0 Å². The van der Waals surface area contributed by atoms with Crippen molar-refractivity contribution in [1.29, 1.82) is 0 Å². The number of hydrogen-bond donors (Lipinski definition) is 1. The van der Waals surface area contributed by atoms with Gasteiger partial charge in [0.05, 0.1) is 6.04 Å². The zero-order valence-corrected chi connectivity index (χ0v) is 16.2. The van der Waals surface area contributed by atoms with Crippen molar-refractivity contribution in [3.05, 3.63) is 29.8 Å². The van der Waals surface area contributed by atoms with Gasteiger partial charge in [0, 0.05) is 17.8 Å². The Morgan fingerprint density at radius 1 is 1.07 bits per heavy atom. The van der Waals surface area contributed by atoms with Gasteiger partial charge in [0.15, 0.2) is 5.41 Å². The van der Waals surface area contributed by atoms with Gasteiger partial charge in [-0.1, -0.05) is 31.0 Å². The van der Waals surface area contributed by atoms with Crippen LogP contribution in [0.25, 0.3) is 0 Å². The number of urea groups is 1. The van der Waals surface area contributed by atoms with Crippen molar-refractivity contribution in [1.82, 2.24) is 10.2 Å².